The van der Waals surface area contributed by atoms with Crippen LogP contribution in [0, 0.1) is 11.3 Å². The Morgan fingerprint density at radius 3 is 2.41 bits per heavy atom. The Balaban J connectivity index is 3.02. The number of rotatable bonds is 5. The van der Waals surface area contributed by atoms with E-state index in [4.69, 9.17) is 5.26 Å². The predicted octanol–water partition coefficient (Wildman–Crippen LogP) is 1.92. The molecule has 0 saturated heterocycles. The Labute approximate surface area is 103 Å². The molecule has 0 aliphatic carbocycles. The van der Waals surface area contributed by atoms with E-state index in [1.54, 1.807) is 31.2 Å². The van der Waals surface area contributed by atoms with Crippen molar-refractivity contribution in [2.45, 2.75) is 19.4 Å². The summed E-state index contributed by atoms with van der Waals surface area (Å²) < 4.78 is 24.9. The van der Waals surface area contributed by atoms with Gasteiger partial charge in [-0.15, -0.1) is 0 Å². The molecule has 0 bridgehead atoms. The van der Waals surface area contributed by atoms with E-state index in [1.165, 1.54) is 7.05 Å². The Morgan fingerprint density at radius 1 is 1.35 bits per heavy atom. The highest BCUT2D eigenvalue weighted by molar-refractivity contribution is 7.89. The maximum Gasteiger partial charge on any atom is 0.215 e. The molecule has 0 spiro atoms. The molecule has 4 nitrogen and oxygen atoms in total. The molecule has 0 amide bonds. The maximum absolute atomic E-state index is 11.9. The van der Waals surface area contributed by atoms with Crippen LogP contribution in [0.25, 0.3) is 0 Å². The third kappa shape index (κ3) is 3.29. The van der Waals surface area contributed by atoms with Gasteiger partial charge in [-0.05, 0) is 12.0 Å². The lowest BCUT2D eigenvalue weighted by Crippen LogP contribution is -2.32. The molecule has 0 aliphatic heterocycles. The lowest BCUT2D eigenvalue weighted by atomic mass is 10.1. The van der Waals surface area contributed by atoms with Gasteiger partial charge in [0.15, 0.2) is 0 Å². The number of sulfonamides is 1. The van der Waals surface area contributed by atoms with Gasteiger partial charge in [-0.3, -0.25) is 0 Å². The molecule has 0 aromatic heterocycles. The summed E-state index contributed by atoms with van der Waals surface area (Å²) in [5, 5.41) is 9.13. The van der Waals surface area contributed by atoms with Crippen LogP contribution in [-0.4, -0.2) is 25.5 Å². The molecule has 0 saturated carbocycles. The second-order valence-electron chi connectivity index (χ2n) is 3.77. The Hall–Kier alpha value is -1.38. The Bertz CT molecular complexity index is 491. The monoisotopic (exact) mass is 252 g/mol. The van der Waals surface area contributed by atoms with Crippen LogP contribution in [0.5, 0.6) is 0 Å². The van der Waals surface area contributed by atoms with Gasteiger partial charge in [-0.25, -0.2) is 8.42 Å². The molecule has 1 unspecified atom stereocenters. The third-order valence-corrected chi connectivity index (χ3v) is 4.51. The molecule has 1 rings (SSSR count). The van der Waals surface area contributed by atoms with Crippen molar-refractivity contribution >= 4 is 10.0 Å². The van der Waals surface area contributed by atoms with Crippen LogP contribution in [0.1, 0.15) is 24.9 Å². The SMILES string of the molecule is CCCS(=O)(=O)N(C)C(C#N)c1ccccc1. The number of nitrogens with zero attached hydrogens (tertiary/aromatic N) is 2. The van der Waals surface area contributed by atoms with Crippen molar-refractivity contribution in [2.75, 3.05) is 12.8 Å². The highest BCUT2D eigenvalue weighted by Gasteiger charge is 2.26. The number of nitriles is 1. The quantitative estimate of drug-likeness (QED) is 0.804. The van der Waals surface area contributed by atoms with E-state index in [2.05, 4.69) is 0 Å². The molecule has 5 heteroatoms. The summed E-state index contributed by atoms with van der Waals surface area (Å²) in [5.41, 5.74) is 0.692. The van der Waals surface area contributed by atoms with Crippen LogP contribution < -0.4 is 0 Å². The van der Waals surface area contributed by atoms with Crippen LogP contribution in [0.4, 0.5) is 0 Å². The van der Waals surface area contributed by atoms with Crippen LogP contribution in [0.15, 0.2) is 30.3 Å². The fraction of sp³-hybridized carbons (Fsp3) is 0.417. The van der Waals surface area contributed by atoms with Crippen LogP contribution in [0.2, 0.25) is 0 Å². The predicted molar refractivity (Wildman–Crippen MR) is 66.6 cm³/mol. The Kier molecular flexibility index (Phi) is 4.67. The maximum atomic E-state index is 11.9. The van der Waals surface area contributed by atoms with Gasteiger partial charge in [0.1, 0.15) is 6.04 Å². The largest absolute Gasteiger partial charge is 0.215 e. The molecule has 17 heavy (non-hydrogen) atoms. The summed E-state index contributed by atoms with van der Waals surface area (Å²) in [6, 6.07) is 10.2. The second-order valence-corrected chi connectivity index (χ2v) is 5.92. The third-order valence-electron chi connectivity index (χ3n) is 2.50. The van der Waals surface area contributed by atoms with E-state index in [9.17, 15) is 8.42 Å². The Morgan fingerprint density at radius 2 is 1.94 bits per heavy atom. The normalized spacial score (nSPS) is 13.3. The van der Waals surface area contributed by atoms with Gasteiger partial charge in [0.25, 0.3) is 0 Å². The summed E-state index contributed by atoms with van der Waals surface area (Å²) in [4.78, 5) is 0. The molecule has 0 N–H and O–H groups in total. The first-order valence-corrected chi connectivity index (χ1v) is 7.04. The van der Waals surface area contributed by atoms with Crippen LogP contribution >= 0.6 is 0 Å². The van der Waals surface area contributed by atoms with Crippen molar-refractivity contribution in [3.05, 3.63) is 35.9 Å². The minimum absolute atomic E-state index is 0.0640. The standard InChI is InChI=1S/C12H16N2O2S/c1-3-9-17(15,16)14(2)12(10-13)11-7-5-4-6-8-11/h4-8,12H,3,9H2,1-2H3. The minimum Gasteiger partial charge on any atom is -0.212 e. The summed E-state index contributed by atoms with van der Waals surface area (Å²) in [7, 11) is -1.91. The van der Waals surface area contributed by atoms with E-state index in [0.717, 1.165) is 4.31 Å². The number of benzene rings is 1. The van der Waals surface area contributed by atoms with Crippen molar-refractivity contribution in [1.82, 2.24) is 4.31 Å². The fourth-order valence-electron chi connectivity index (χ4n) is 1.56. The van der Waals surface area contributed by atoms with Crippen LogP contribution in [-0.2, 0) is 10.0 Å². The summed E-state index contributed by atoms with van der Waals surface area (Å²) in [6.07, 6.45) is 0.541. The highest BCUT2D eigenvalue weighted by atomic mass is 32.2. The molecule has 0 aliphatic rings. The highest BCUT2D eigenvalue weighted by Crippen LogP contribution is 2.21. The first-order valence-electron chi connectivity index (χ1n) is 5.43. The first kappa shape index (κ1) is 13.7. The van der Waals surface area contributed by atoms with Gasteiger partial charge >= 0.3 is 0 Å². The van der Waals surface area contributed by atoms with E-state index in [0.29, 0.717) is 12.0 Å². The molecular formula is C12H16N2O2S. The summed E-state index contributed by atoms with van der Waals surface area (Å²) in [6.45, 7) is 1.80. The molecule has 1 aromatic rings. The van der Waals surface area contributed by atoms with Gasteiger partial charge in [0, 0.05) is 7.05 Å². The first-order chi connectivity index (χ1) is 8.03. The lowest BCUT2D eigenvalue weighted by molar-refractivity contribution is 0.432. The zero-order valence-electron chi connectivity index (χ0n) is 10.00. The van der Waals surface area contributed by atoms with E-state index < -0.39 is 16.1 Å². The molecule has 0 heterocycles. The number of hydrogen-bond acceptors (Lipinski definition) is 3. The topological polar surface area (TPSA) is 61.2 Å². The van der Waals surface area contributed by atoms with Crippen LogP contribution in [0.3, 0.4) is 0 Å². The molecule has 92 valence electrons. The number of hydrogen-bond donors (Lipinski definition) is 0. The van der Waals surface area contributed by atoms with Gasteiger partial charge < -0.3 is 0 Å². The van der Waals surface area contributed by atoms with Gasteiger partial charge in [0.2, 0.25) is 10.0 Å². The summed E-state index contributed by atoms with van der Waals surface area (Å²) >= 11 is 0. The molecule has 0 fully saturated rings. The molecular weight excluding hydrogens is 236 g/mol. The van der Waals surface area contributed by atoms with E-state index >= 15 is 0 Å². The van der Waals surface area contributed by atoms with E-state index in [-0.39, 0.29) is 5.75 Å². The second kappa shape index (κ2) is 5.80. The van der Waals surface area contributed by atoms with Crippen molar-refractivity contribution < 1.29 is 8.42 Å². The van der Waals surface area contributed by atoms with Crippen molar-refractivity contribution in [2.24, 2.45) is 0 Å². The zero-order valence-corrected chi connectivity index (χ0v) is 10.8. The fourth-order valence-corrected chi connectivity index (χ4v) is 2.86. The van der Waals surface area contributed by atoms with E-state index in [1.807, 2.05) is 12.1 Å². The van der Waals surface area contributed by atoms with Gasteiger partial charge in [0.05, 0.1) is 11.8 Å². The molecule has 1 aromatic carbocycles. The smallest absolute Gasteiger partial charge is 0.212 e. The average Bonchev–Trinajstić information content (AvgIpc) is 2.31. The average molecular weight is 252 g/mol. The van der Waals surface area contributed by atoms with Crippen molar-refractivity contribution in [3.8, 4) is 6.07 Å². The van der Waals surface area contributed by atoms with Crippen molar-refractivity contribution in [3.63, 3.8) is 0 Å². The zero-order chi connectivity index (χ0) is 12.9. The molecule has 0 radical (unpaired) electrons. The minimum atomic E-state index is -3.36. The summed E-state index contributed by atoms with van der Waals surface area (Å²) in [5.74, 6) is 0.0640. The van der Waals surface area contributed by atoms with Crippen molar-refractivity contribution in [1.29, 1.82) is 5.26 Å². The molecule has 1 atom stereocenters. The van der Waals surface area contributed by atoms with Gasteiger partial charge in [-0.2, -0.15) is 9.57 Å². The lowest BCUT2D eigenvalue weighted by Gasteiger charge is -2.22. The van der Waals surface area contributed by atoms with Gasteiger partial charge in [-0.1, -0.05) is 37.3 Å².